The normalized spacial score (nSPS) is 12.6. The second-order valence-corrected chi connectivity index (χ2v) is 4.77. The number of aromatic nitrogens is 1. The molecule has 1 rings (SSSR count). The maximum Gasteiger partial charge on any atom is 0.233 e. The van der Waals surface area contributed by atoms with Gasteiger partial charge in [-0.25, -0.2) is 0 Å². The zero-order chi connectivity index (χ0) is 12.1. The van der Waals surface area contributed by atoms with Gasteiger partial charge in [-0.15, -0.1) is 0 Å². The molecule has 0 aliphatic carbocycles. The van der Waals surface area contributed by atoms with Gasteiger partial charge in [-0.2, -0.15) is 12.6 Å². The van der Waals surface area contributed by atoms with E-state index >= 15 is 0 Å². The zero-order valence-electron chi connectivity index (χ0n) is 9.90. The molecule has 0 saturated heterocycles. The van der Waals surface area contributed by atoms with Crippen molar-refractivity contribution in [2.75, 3.05) is 0 Å². The lowest BCUT2D eigenvalue weighted by Crippen LogP contribution is -2.34. The van der Waals surface area contributed by atoms with E-state index in [1.54, 1.807) is 12.4 Å². The fourth-order valence-corrected chi connectivity index (χ4v) is 1.38. The molecule has 1 amide bonds. The first-order chi connectivity index (χ1) is 7.52. The molecule has 0 spiro atoms. The first-order valence-electron chi connectivity index (χ1n) is 5.37. The predicted molar refractivity (Wildman–Crippen MR) is 68.4 cm³/mol. The van der Waals surface area contributed by atoms with Crippen LogP contribution in [-0.4, -0.2) is 16.1 Å². The molecule has 0 aliphatic rings. The van der Waals surface area contributed by atoms with Gasteiger partial charge in [0.2, 0.25) is 5.91 Å². The number of carbonyl (C=O) groups excluding carboxylic acids is 1. The number of aryl methyl sites for hydroxylation is 1. The molecule has 1 aromatic rings. The Morgan fingerprint density at radius 1 is 1.56 bits per heavy atom. The molecular formula is C12H18N2OS. The highest BCUT2D eigenvalue weighted by Gasteiger charge is 2.17. The van der Waals surface area contributed by atoms with E-state index in [2.05, 4.69) is 22.9 Å². The molecule has 3 nitrogen and oxygen atoms in total. The number of thiol groups is 1. The summed E-state index contributed by atoms with van der Waals surface area (Å²) in [7, 11) is 0. The Morgan fingerprint density at radius 3 is 2.81 bits per heavy atom. The monoisotopic (exact) mass is 238 g/mol. The number of pyridine rings is 1. The van der Waals surface area contributed by atoms with Crippen LogP contribution < -0.4 is 5.32 Å². The summed E-state index contributed by atoms with van der Waals surface area (Å²) in [5.41, 5.74) is 2.18. The summed E-state index contributed by atoms with van der Waals surface area (Å²) < 4.78 is 0. The Morgan fingerprint density at radius 2 is 2.25 bits per heavy atom. The second kappa shape index (κ2) is 5.89. The van der Waals surface area contributed by atoms with Gasteiger partial charge in [-0.1, -0.05) is 13.8 Å². The zero-order valence-corrected chi connectivity index (χ0v) is 10.8. The molecule has 0 saturated carbocycles. The maximum absolute atomic E-state index is 11.7. The Hall–Kier alpha value is -1.03. The van der Waals surface area contributed by atoms with Crippen LogP contribution in [0.3, 0.4) is 0 Å². The van der Waals surface area contributed by atoms with E-state index < -0.39 is 0 Å². The molecule has 1 atom stereocenters. The minimum atomic E-state index is -0.248. The van der Waals surface area contributed by atoms with E-state index in [1.165, 1.54) is 0 Å². The highest BCUT2D eigenvalue weighted by molar-refractivity contribution is 7.81. The Labute approximate surface area is 102 Å². The van der Waals surface area contributed by atoms with E-state index in [0.29, 0.717) is 6.54 Å². The van der Waals surface area contributed by atoms with Gasteiger partial charge in [0, 0.05) is 18.9 Å². The van der Waals surface area contributed by atoms with Crippen LogP contribution in [0.5, 0.6) is 0 Å². The Balaban J connectivity index is 2.52. The van der Waals surface area contributed by atoms with Crippen molar-refractivity contribution in [2.24, 2.45) is 5.92 Å². The minimum absolute atomic E-state index is 0.0189. The van der Waals surface area contributed by atoms with Crippen LogP contribution in [0.1, 0.15) is 25.0 Å². The third-order valence-corrected chi connectivity index (χ3v) is 3.32. The number of hydrogen-bond donors (Lipinski definition) is 2. The highest BCUT2D eigenvalue weighted by Crippen LogP contribution is 2.10. The molecule has 0 aliphatic heterocycles. The Bertz CT molecular complexity index is 366. The lowest BCUT2D eigenvalue weighted by molar-refractivity contribution is -0.121. The van der Waals surface area contributed by atoms with E-state index in [0.717, 1.165) is 11.1 Å². The van der Waals surface area contributed by atoms with Crippen molar-refractivity contribution in [1.29, 1.82) is 0 Å². The highest BCUT2D eigenvalue weighted by atomic mass is 32.1. The summed E-state index contributed by atoms with van der Waals surface area (Å²) in [6.07, 6.45) is 3.53. The van der Waals surface area contributed by atoms with Gasteiger partial charge in [0.25, 0.3) is 0 Å². The SMILES string of the molecule is Cc1cnccc1CNC(=O)C(S)C(C)C. The molecule has 4 heteroatoms. The van der Waals surface area contributed by atoms with Crippen LogP contribution in [0.2, 0.25) is 0 Å². The van der Waals surface area contributed by atoms with Crippen molar-refractivity contribution < 1.29 is 4.79 Å². The smallest absolute Gasteiger partial charge is 0.233 e. The molecule has 1 unspecified atom stereocenters. The topological polar surface area (TPSA) is 42.0 Å². The second-order valence-electron chi connectivity index (χ2n) is 4.21. The molecular weight excluding hydrogens is 220 g/mol. The minimum Gasteiger partial charge on any atom is -0.351 e. The number of amides is 1. The first kappa shape index (κ1) is 13.0. The summed E-state index contributed by atoms with van der Waals surface area (Å²) in [6.45, 7) is 6.48. The van der Waals surface area contributed by atoms with E-state index in [9.17, 15) is 4.79 Å². The van der Waals surface area contributed by atoms with Gasteiger partial charge < -0.3 is 5.32 Å². The molecule has 1 heterocycles. The quantitative estimate of drug-likeness (QED) is 0.787. The number of carbonyl (C=O) groups is 1. The lowest BCUT2D eigenvalue weighted by atomic mass is 10.1. The third kappa shape index (κ3) is 3.52. The van der Waals surface area contributed by atoms with Crippen molar-refractivity contribution in [3.63, 3.8) is 0 Å². The fourth-order valence-electron chi connectivity index (χ4n) is 1.29. The number of nitrogens with zero attached hydrogens (tertiary/aromatic N) is 1. The van der Waals surface area contributed by atoms with E-state index in [1.807, 2.05) is 26.8 Å². The van der Waals surface area contributed by atoms with Gasteiger partial charge in [0.15, 0.2) is 0 Å². The Kier molecular flexibility index (Phi) is 4.80. The number of hydrogen-bond acceptors (Lipinski definition) is 3. The van der Waals surface area contributed by atoms with Crippen LogP contribution >= 0.6 is 12.6 Å². The summed E-state index contributed by atoms with van der Waals surface area (Å²) in [4.78, 5) is 15.7. The number of rotatable bonds is 4. The van der Waals surface area contributed by atoms with Crippen molar-refractivity contribution >= 4 is 18.5 Å². The maximum atomic E-state index is 11.7. The standard InChI is InChI=1S/C12H18N2OS/c1-8(2)11(16)12(15)14-7-10-4-5-13-6-9(10)3/h4-6,8,11,16H,7H2,1-3H3,(H,14,15). The summed E-state index contributed by atoms with van der Waals surface area (Å²) in [6, 6.07) is 1.92. The molecule has 0 radical (unpaired) electrons. The molecule has 0 fully saturated rings. The van der Waals surface area contributed by atoms with Crippen molar-refractivity contribution in [3.8, 4) is 0 Å². The molecule has 88 valence electrons. The van der Waals surface area contributed by atoms with Crippen molar-refractivity contribution in [2.45, 2.75) is 32.6 Å². The number of nitrogens with one attached hydrogen (secondary N) is 1. The molecule has 1 aromatic heterocycles. The van der Waals surface area contributed by atoms with Crippen molar-refractivity contribution in [1.82, 2.24) is 10.3 Å². The average Bonchev–Trinajstić information content (AvgIpc) is 2.26. The van der Waals surface area contributed by atoms with Crippen LogP contribution in [0.15, 0.2) is 18.5 Å². The van der Waals surface area contributed by atoms with E-state index in [-0.39, 0.29) is 17.1 Å². The summed E-state index contributed by atoms with van der Waals surface area (Å²) in [5, 5.41) is 2.63. The van der Waals surface area contributed by atoms with Gasteiger partial charge in [-0.3, -0.25) is 9.78 Å². The van der Waals surface area contributed by atoms with Gasteiger partial charge in [0.05, 0.1) is 5.25 Å². The van der Waals surface area contributed by atoms with Crippen LogP contribution in [0, 0.1) is 12.8 Å². The fraction of sp³-hybridized carbons (Fsp3) is 0.500. The van der Waals surface area contributed by atoms with Gasteiger partial charge in [-0.05, 0) is 30.0 Å². The molecule has 1 N–H and O–H groups in total. The summed E-state index contributed by atoms with van der Waals surface area (Å²) in [5.74, 6) is 0.219. The van der Waals surface area contributed by atoms with Crippen LogP contribution in [0.25, 0.3) is 0 Å². The van der Waals surface area contributed by atoms with E-state index in [4.69, 9.17) is 0 Å². The first-order valence-corrected chi connectivity index (χ1v) is 5.89. The van der Waals surface area contributed by atoms with Gasteiger partial charge in [0.1, 0.15) is 0 Å². The molecule has 0 bridgehead atoms. The van der Waals surface area contributed by atoms with Crippen LogP contribution in [0.4, 0.5) is 0 Å². The lowest BCUT2D eigenvalue weighted by Gasteiger charge is -2.15. The van der Waals surface area contributed by atoms with Gasteiger partial charge >= 0.3 is 0 Å². The van der Waals surface area contributed by atoms with Crippen LogP contribution in [-0.2, 0) is 11.3 Å². The van der Waals surface area contributed by atoms with Crippen molar-refractivity contribution in [3.05, 3.63) is 29.6 Å². The molecule has 0 aromatic carbocycles. The average molecular weight is 238 g/mol. The molecule has 16 heavy (non-hydrogen) atoms. The predicted octanol–water partition coefficient (Wildman–Crippen LogP) is 1.96. The largest absolute Gasteiger partial charge is 0.351 e. The third-order valence-electron chi connectivity index (χ3n) is 2.49. The summed E-state index contributed by atoms with van der Waals surface area (Å²) >= 11 is 4.27.